The van der Waals surface area contributed by atoms with Crippen LogP contribution in [0.15, 0.2) is 30.6 Å². The molecule has 2 aromatic rings. The van der Waals surface area contributed by atoms with E-state index in [1.165, 1.54) is 20.3 Å². The largest absolute Gasteiger partial charge is 0.498 e. The topological polar surface area (TPSA) is 59.0 Å². The minimum atomic E-state index is -0.760. The molecule has 1 aromatic carbocycles. The van der Waals surface area contributed by atoms with Gasteiger partial charge in [0.25, 0.3) is 0 Å². The fraction of sp³-hybridized carbons (Fsp3) is 0.450. The third-order valence-corrected chi connectivity index (χ3v) is 5.20. The Balaban J connectivity index is 2.05. The van der Waals surface area contributed by atoms with Gasteiger partial charge in [-0.3, -0.25) is 4.98 Å². The second-order valence-electron chi connectivity index (χ2n) is 7.62. The highest BCUT2D eigenvalue weighted by molar-refractivity contribution is 6.63. The van der Waals surface area contributed by atoms with Crippen LogP contribution in [0, 0.1) is 5.82 Å². The van der Waals surface area contributed by atoms with Gasteiger partial charge in [-0.25, -0.2) is 4.39 Å². The molecule has 1 saturated heterocycles. The van der Waals surface area contributed by atoms with Gasteiger partial charge in [-0.15, -0.1) is 0 Å². The number of hydrogen-bond acceptors (Lipinski definition) is 6. The maximum atomic E-state index is 15.0. The summed E-state index contributed by atoms with van der Waals surface area (Å²) in [6.45, 7) is 7.77. The number of nitrogens with zero attached hydrogens (tertiary/aromatic N) is 1. The second kappa shape index (κ2) is 7.70. The van der Waals surface area contributed by atoms with Crippen LogP contribution >= 0.6 is 0 Å². The Morgan fingerprint density at radius 2 is 1.71 bits per heavy atom. The van der Waals surface area contributed by atoms with Crippen LogP contribution in [-0.4, -0.2) is 44.3 Å². The van der Waals surface area contributed by atoms with Gasteiger partial charge in [0.05, 0.1) is 24.5 Å². The molecule has 0 saturated carbocycles. The van der Waals surface area contributed by atoms with Crippen molar-refractivity contribution < 1.29 is 27.9 Å². The fourth-order valence-corrected chi connectivity index (χ4v) is 2.87. The van der Waals surface area contributed by atoms with E-state index in [4.69, 9.17) is 23.5 Å². The van der Waals surface area contributed by atoms with Crippen molar-refractivity contribution in [3.63, 3.8) is 0 Å². The standard InChI is InChI=1S/C20H25BFNO5/c1-19(2)20(3,4)28-21(27-19)16-9-17(22)15(8-18(16)26-12-24-5)13-7-14(25-6)11-23-10-13/h7-11H,12H2,1-6H3. The number of halogens is 1. The zero-order chi connectivity index (χ0) is 20.5. The van der Waals surface area contributed by atoms with Crippen LogP contribution < -0.4 is 14.9 Å². The van der Waals surface area contributed by atoms with E-state index in [2.05, 4.69) is 4.98 Å². The molecule has 3 rings (SSSR count). The number of methoxy groups -OCH3 is 2. The molecular formula is C20H25BFNO5. The van der Waals surface area contributed by atoms with E-state index in [1.807, 2.05) is 27.7 Å². The summed E-state index contributed by atoms with van der Waals surface area (Å²) in [5, 5.41) is 0. The van der Waals surface area contributed by atoms with E-state index < -0.39 is 24.1 Å². The summed E-state index contributed by atoms with van der Waals surface area (Å²) in [7, 11) is 2.29. The first-order valence-corrected chi connectivity index (χ1v) is 8.99. The SMILES string of the molecule is COCOc1cc(-c2cncc(OC)c2)c(F)cc1B1OC(C)(C)C(C)(C)O1. The van der Waals surface area contributed by atoms with Crippen molar-refractivity contribution in [2.75, 3.05) is 21.0 Å². The van der Waals surface area contributed by atoms with E-state index >= 15 is 4.39 Å². The molecule has 0 atom stereocenters. The lowest BCUT2D eigenvalue weighted by atomic mass is 9.77. The molecule has 1 aromatic heterocycles. The summed E-state index contributed by atoms with van der Waals surface area (Å²) < 4.78 is 43.1. The third-order valence-electron chi connectivity index (χ3n) is 5.20. The quantitative estimate of drug-likeness (QED) is 0.559. The maximum Gasteiger partial charge on any atom is 0.498 e. The molecule has 0 amide bonds. The van der Waals surface area contributed by atoms with E-state index in [9.17, 15) is 0 Å². The van der Waals surface area contributed by atoms with E-state index in [1.54, 1.807) is 24.5 Å². The van der Waals surface area contributed by atoms with E-state index in [-0.39, 0.29) is 6.79 Å². The minimum Gasteiger partial charge on any atom is -0.495 e. The number of ether oxygens (including phenoxy) is 3. The molecule has 0 radical (unpaired) electrons. The van der Waals surface area contributed by atoms with Crippen molar-refractivity contribution in [1.82, 2.24) is 4.98 Å². The summed E-state index contributed by atoms with van der Waals surface area (Å²) in [4.78, 5) is 4.10. The maximum absolute atomic E-state index is 15.0. The molecule has 0 spiro atoms. The van der Waals surface area contributed by atoms with Crippen LogP contribution in [0.4, 0.5) is 4.39 Å². The minimum absolute atomic E-state index is 0.00788. The molecule has 8 heteroatoms. The molecule has 1 aliphatic rings. The molecule has 28 heavy (non-hydrogen) atoms. The van der Waals surface area contributed by atoms with Crippen molar-refractivity contribution in [3.8, 4) is 22.6 Å². The number of rotatable bonds is 6. The number of pyridine rings is 1. The molecule has 0 bridgehead atoms. The Labute approximate surface area is 165 Å². The first-order chi connectivity index (χ1) is 13.2. The third kappa shape index (κ3) is 3.85. The predicted octanol–water partition coefficient (Wildman–Crippen LogP) is 3.18. The summed E-state index contributed by atoms with van der Waals surface area (Å²) >= 11 is 0. The van der Waals surface area contributed by atoms with Gasteiger partial charge in [0.2, 0.25) is 0 Å². The van der Waals surface area contributed by atoms with Gasteiger partial charge < -0.3 is 23.5 Å². The molecular weight excluding hydrogens is 364 g/mol. The summed E-state index contributed by atoms with van der Waals surface area (Å²) in [6.07, 6.45) is 3.12. The normalized spacial score (nSPS) is 17.6. The van der Waals surface area contributed by atoms with Gasteiger partial charge in [0.1, 0.15) is 17.3 Å². The summed E-state index contributed by atoms with van der Waals surface area (Å²) in [5.74, 6) is 0.510. The van der Waals surface area contributed by atoms with Crippen LogP contribution in [0.2, 0.25) is 0 Å². The average molecular weight is 389 g/mol. The highest BCUT2D eigenvalue weighted by Gasteiger charge is 2.52. The van der Waals surface area contributed by atoms with Gasteiger partial charge in [-0.05, 0) is 45.9 Å². The van der Waals surface area contributed by atoms with Crippen LogP contribution in [-0.2, 0) is 14.0 Å². The number of benzene rings is 1. The van der Waals surface area contributed by atoms with Crippen LogP contribution in [0.3, 0.4) is 0 Å². The zero-order valence-electron chi connectivity index (χ0n) is 17.0. The van der Waals surface area contributed by atoms with Gasteiger partial charge in [0, 0.05) is 29.9 Å². The first-order valence-electron chi connectivity index (χ1n) is 8.99. The van der Waals surface area contributed by atoms with Gasteiger partial charge in [0.15, 0.2) is 6.79 Å². The van der Waals surface area contributed by atoms with Gasteiger partial charge in [-0.1, -0.05) is 0 Å². The summed E-state index contributed by atoms with van der Waals surface area (Å²) in [6, 6.07) is 4.69. The van der Waals surface area contributed by atoms with Crippen molar-refractivity contribution in [2.24, 2.45) is 0 Å². The van der Waals surface area contributed by atoms with Gasteiger partial charge in [-0.2, -0.15) is 0 Å². The number of aromatic nitrogens is 1. The van der Waals surface area contributed by atoms with E-state index in [0.29, 0.717) is 28.1 Å². The Bertz CT molecular complexity index is 842. The Morgan fingerprint density at radius 1 is 1.04 bits per heavy atom. The molecule has 6 nitrogen and oxygen atoms in total. The predicted molar refractivity (Wildman–Crippen MR) is 104 cm³/mol. The lowest BCUT2D eigenvalue weighted by Gasteiger charge is -2.32. The molecule has 1 fully saturated rings. The van der Waals surface area contributed by atoms with Crippen LogP contribution in [0.1, 0.15) is 27.7 Å². The highest BCUT2D eigenvalue weighted by Crippen LogP contribution is 2.38. The fourth-order valence-electron chi connectivity index (χ4n) is 2.87. The van der Waals surface area contributed by atoms with Crippen LogP contribution in [0.5, 0.6) is 11.5 Å². The van der Waals surface area contributed by atoms with Crippen molar-refractivity contribution >= 4 is 12.6 Å². The average Bonchev–Trinajstić information content (AvgIpc) is 2.87. The van der Waals surface area contributed by atoms with Crippen molar-refractivity contribution in [1.29, 1.82) is 0 Å². The molecule has 0 N–H and O–H groups in total. The lowest BCUT2D eigenvalue weighted by molar-refractivity contribution is 0.00578. The zero-order valence-corrected chi connectivity index (χ0v) is 17.0. The second-order valence-corrected chi connectivity index (χ2v) is 7.62. The van der Waals surface area contributed by atoms with Crippen molar-refractivity contribution in [2.45, 2.75) is 38.9 Å². The Kier molecular flexibility index (Phi) is 5.65. The summed E-state index contributed by atoms with van der Waals surface area (Å²) in [5.41, 5.74) is 0.259. The van der Waals surface area contributed by atoms with E-state index in [0.717, 1.165) is 0 Å². The molecule has 0 unspecified atom stereocenters. The molecule has 0 aliphatic carbocycles. The smallest absolute Gasteiger partial charge is 0.495 e. The Morgan fingerprint density at radius 3 is 2.32 bits per heavy atom. The molecule has 2 heterocycles. The number of hydrogen-bond donors (Lipinski definition) is 0. The first kappa shape index (κ1) is 20.6. The van der Waals surface area contributed by atoms with Crippen molar-refractivity contribution in [3.05, 3.63) is 36.4 Å². The molecule has 1 aliphatic heterocycles. The Hall–Kier alpha value is -2.16. The lowest BCUT2D eigenvalue weighted by Crippen LogP contribution is -2.41. The monoisotopic (exact) mass is 389 g/mol. The highest BCUT2D eigenvalue weighted by atomic mass is 19.1. The van der Waals surface area contributed by atoms with Gasteiger partial charge >= 0.3 is 7.12 Å². The van der Waals surface area contributed by atoms with Crippen LogP contribution in [0.25, 0.3) is 11.1 Å². The molecule has 150 valence electrons.